The SMILES string of the molecule is Cc1cccc(OCC2CC(C(=O)O)NN2)c1C. The van der Waals surface area contributed by atoms with Gasteiger partial charge in [-0.05, 0) is 37.5 Å². The first-order valence-electron chi connectivity index (χ1n) is 6.01. The van der Waals surface area contributed by atoms with Crippen LogP contribution in [0.2, 0.25) is 0 Å². The second-order valence-electron chi connectivity index (χ2n) is 4.62. The van der Waals surface area contributed by atoms with Crippen molar-refractivity contribution in [2.45, 2.75) is 32.4 Å². The summed E-state index contributed by atoms with van der Waals surface area (Å²) in [6.45, 7) is 4.52. The van der Waals surface area contributed by atoms with Crippen molar-refractivity contribution in [2.75, 3.05) is 6.61 Å². The van der Waals surface area contributed by atoms with Crippen LogP contribution in [0.4, 0.5) is 0 Å². The number of carbonyl (C=O) groups is 1. The van der Waals surface area contributed by atoms with Crippen LogP contribution in [0.3, 0.4) is 0 Å². The van der Waals surface area contributed by atoms with E-state index in [1.54, 1.807) is 0 Å². The average Bonchev–Trinajstić information content (AvgIpc) is 2.80. The van der Waals surface area contributed by atoms with E-state index in [2.05, 4.69) is 10.9 Å². The molecule has 1 aliphatic rings. The van der Waals surface area contributed by atoms with E-state index in [4.69, 9.17) is 9.84 Å². The molecule has 0 aliphatic carbocycles. The van der Waals surface area contributed by atoms with E-state index in [1.807, 2.05) is 32.0 Å². The van der Waals surface area contributed by atoms with Crippen LogP contribution in [-0.4, -0.2) is 29.8 Å². The number of nitrogens with one attached hydrogen (secondary N) is 2. The molecule has 1 fully saturated rings. The van der Waals surface area contributed by atoms with Gasteiger partial charge in [-0.3, -0.25) is 10.2 Å². The van der Waals surface area contributed by atoms with E-state index in [0.717, 1.165) is 11.3 Å². The minimum atomic E-state index is -0.836. The number of rotatable bonds is 4. The van der Waals surface area contributed by atoms with Crippen molar-refractivity contribution < 1.29 is 14.6 Å². The van der Waals surface area contributed by atoms with E-state index in [9.17, 15) is 4.79 Å². The third-order valence-corrected chi connectivity index (χ3v) is 3.27. The van der Waals surface area contributed by atoms with Crippen molar-refractivity contribution in [1.82, 2.24) is 10.9 Å². The van der Waals surface area contributed by atoms with Crippen molar-refractivity contribution in [3.05, 3.63) is 29.3 Å². The fourth-order valence-electron chi connectivity index (χ4n) is 1.96. The summed E-state index contributed by atoms with van der Waals surface area (Å²) in [5.41, 5.74) is 7.99. The van der Waals surface area contributed by atoms with Crippen molar-refractivity contribution in [2.24, 2.45) is 0 Å². The molecular formula is C13H18N2O3. The summed E-state index contributed by atoms with van der Waals surface area (Å²) in [7, 11) is 0. The zero-order chi connectivity index (χ0) is 13.1. The van der Waals surface area contributed by atoms with Crippen LogP contribution in [-0.2, 0) is 4.79 Å². The molecule has 3 N–H and O–H groups in total. The minimum Gasteiger partial charge on any atom is -0.492 e. The van der Waals surface area contributed by atoms with Crippen LogP contribution in [0.1, 0.15) is 17.5 Å². The molecule has 1 aliphatic heterocycles. The van der Waals surface area contributed by atoms with Gasteiger partial charge in [-0.1, -0.05) is 12.1 Å². The predicted octanol–water partition coefficient (Wildman–Crippen LogP) is 1.00. The molecule has 0 aromatic heterocycles. The van der Waals surface area contributed by atoms with Crippen molar-refractivity contribution >= 4 is 5.97 Å². The lowest BCUT2D eigenvalue weighted by molar-refractivity contribution is -0.139. The van der Waals surface area contributed by atoms with Gasteiger partial charge >= 0.3 is 5.97 Å². The van der Waals surface area contributed by atoms with E-state index >= 15 is 0 Å². The van der Waals surface area contributed by atoms with Crippen LogP contribution in [0, 0.1) is 13.8 Å². The normalized spacial score (nSPS) is 23.0. The molecule has 0 bridgehead atoms. The molecule has 0 radical (unpaired) electrons. The highest BCUT2D eigenvalue weighted by Crippen LogP contribution is 2.21. The van der Waals surface area contributed by atoms with Crippen LogP contribution in [0.15, 0.2) is 18.2 Å². The van der Waals surface area contributed by atoms with Gasteiger partial charge in [0.05, 0.1) is 6.04 Å². The molecule has 2 unspecified atom stereocenters. The standard InChI is InChI=1S/C13H18N2O3/c1-8-4-3-5-12(9(8)2)18-7-10-6-11(13(16)17)15-14-10/h3-5,10-11,14-15H,6-7H2,1-2H3,(H,16,17). The molecule has 98 valence electrons. The third kappa shape index (κ3) is 2.80. The second-order valence-corrected chi connectivity index (χ2v) is 4.62. The summed E-state index contributed by atoms with van der Waals surface area (Å²) in [5, 5.41) is 8.85. The fraction of sp³-hybridized carbons (Fsp3) is 0.462. The highest BCUT2D eigenvalue weighted by atomic mass is 16.5. The summed E-state index contributed by atoms with van der Waals surface area (Å²) < 4.78 is 5.73. The van der Waals surface area contributed by atoms with Crippen LogP contribution < -0.4 is 15.6 Å². The lowest BCUT2D eigenvalue weighted by Gasteiger charge is -2.14. The third-order valence-electron chi connectivity index (χ3n) is 3.27. The molecule has 1 saturated heterocycles. The van der Waals surface area contributed by atoms with Gasteiger partial charge in [0.15, 0.2) is 0 Å². The maximum Gasteiger partial charge on any atom is 0.322 e. The van der Waals surface area contributed by atoms with Crippen molar-refractivity contribution in [1.29, 1.82) is 0 Å². The molecule has 1 heterocycles. The number of carboxylic acid groups (broad SMARTS) is 1. The molecule has 5 heteroatoms. The van der Waals surface area contributed by atoms with Crippen LogP contribution in [0.25, 0.3) is 0 Å². The zero-order valence-corrected chi connectivity index (χ0v) is 10.6. The van der Waals surface area contributed by atoms with Crippen LogP contribution in [0.5, 0.6) is 5.75 Å². The number of ether oxygens (including phenoxy) is 1. The van der Waals surface area contributed by atoms with Gasteiger partial charge in [0.2, 0.25) is 0 Å². The van der Waals surface area contributed by atoms with Gasteiger partial charge in [0, 0.05) is 0 Å². The maximum atomic E-state index is 10.8. The van der Waals surface area contributed by atoms with Crippen LogP contribution >= 0.6 is 0 Å². The molecule has 1 aromatic rings. The first-order valence-corrected chi connectivity index (χ1v) is 6.01. The summed E-state index contributed by atoms with van der Waals surface area (Å²) in [4.78, 5) is 10.8. The Balaban J connectivity index is 1.89. The number of aliphatic carboxylic acids is 1. The summed E-state index contributed by atoms with van der Waals surface area (Å²) in [5.74, 6) is 0.0207. The Labute approximate surface area is 106 Å². The smallest absolute Gasteiger partial charge is 0.322 e. The number of hydrogen-bond donors (Lipinski definition) is 3. The minimum absolute atomic E-state index is 0.0195. The lowest BCUT2D eigenvalue weighted by Crippen LogP contribution is -2.38. The summed E-state index contributed by atoms with van der Waals surface area (Å²) in [6, 6.07) is 5.42. The maximum absolute atomic E-state index is 10.8. The Morgan fingerprint density at radius 2 is 2.22 bits per heavy atom. The first kappa shape index (κ1) is 12.9. The van der Waals surface area contributed by atoms with Crippen molar-refractivity contribution in [3.63, 3.8) is 0 Å². The Kier molecular flexibility index (Phi) is 3.84. The quantitative estimate of drug-likeness (QED) is 0.743. The predicted molar refractivity (Wildman–Crippen MR) is 67.5 cm³/mol. The molecule has 0 saturated carbocycles. The van der Waals surface area contributed by atoms with Gasteiger partial charge in [-0.25, -0.2) is 5.43 Å². The Bertz CT molecular complexity index is 448. The monoisotopic (exact) mass is 250 g/mol. The van der Waals surface area contributed by atoms with Gasteiger partial charge in [-0.15, -0.1) is 0 Å². The van der Waals surface area contributed by atoms with E-state index in [-0.39, 0.29) is 6.04 Å². The number of carboxylic acids is 1. The van der Waals surface area contributed by atoms with Crippen molar-refractivity contribution in [3.8, 4) is 5.75 Å². The second kappa shape index (κ2) is 5.37. The Morgan fingerprint density at radius 1 is 1.44 bits per heavy atom. The van der Waals surface area contributed by atoms with E-state index in [0.29, 0.717) is 13.0 Å². The lowest BCUT2D eigenvalue weighted by atomic mass is 10.1. The van der Waals surface area contributed by atoms with Gasteiger partial charge in [-0.2, -0.15) is 0 Å². The first-order chi connectivity index (χ1) is 8.58. The summed E-state index contributed by atoms with van der Waals surface area (Å²) >= 11 is 0. The number of hydrogen-bond acceptors (Lipinski definition) is 4. The van der Waals surface area contributed by atoms with Gasteiger partial charge in [0.25, 0.3) is 0 Å². The van der Waals surface area contributed by atoms with Gasteiger partial charge < -0.3 is 9.84 Å². The highest BCUT2D eigenvalue weighted by molar-refractivity contribution is 5.73. The van der Waals surface area contributed by atoms with E-state index < -0.39 is 12.0 Å². The molecule has 5 nitrogen and oxygen atoms in total. The number of aryl methyl sites for hydroxylation is 1. The summed E-state index contributed by atoms with van der Waals surface area (Å²) in [6.07, 6.45) is 0.528. The van der Waals surface area contributed by atoms with E-state index in [1.165, 1.54) is 5.56 Å². The molecule has 2 rings (SSSR count). The zero-order valence-electron chi connectivity index (χ0n) is 10.6. The molecule has 18 heavy (non-hydrogen) atoms. The topological polar surface area (TPSA) is 70.6 Å². The molecular weight excluding hydrogens is 232 g/mol. The molecule has 0 amide bonds. The Morgan fingerprint density at radius 3 is 2.89 bits per heavy atom. The Hall–Kier alpha value is -1.59. The highest BCUT2D eigenvalue weighted by Gasteiger charge is 2.29. The molecule has 2 atom stereocenters. The average molecular weight is 250 g/mol. The number of benzene rings is 1. The number of hydrazine groups is 1. The van der Waals surface area contributed by atoms with Gasteiger partial charge in [0.1, 0.15) is 18.4 Å². The fourth-order valence-corrected chi connectivity index (χ4v) is 1.96. The molecule has 0 spiro atoms. The molecule has 1 aromatic carbocycles. The largest absolute Gasteiger partial charge is 0.492 e.